The van der Waals surface area contributed by atoms with Gasteiger partial charge in [0, 0.05) is 5.54 Å². The number of benzene rings is 1. The van der Waals surface area contributed by atoms with Crippen LogP contribution < -0.4 is 21.1 Å². The molecular weight excluding hydrogens is 262 g/mol. The minimum Gasteiger partial charge on any atom is -0.484 e. The number of nitrogens with two attached hydrogens (primary N) is 1. The zero-order chi connectivity index (χ0) is 14.5. The van der Waals surface area contributed by atoms with Crippen molar-refractivity contribution in [3.8, 4) is 5.75 Å². The van der Waals surface area contributed by atoms with Crippen LogP contribution in [-0.2, 0) is 0 Å². The highest BCUT2D eigenvalue weighted by Gasteiger charge is 2.14. The molecule has 1 aromatic carbocycles. The van der Waals surface area contributed by atoms with Crippen LogP contribution in [0.1, 0.15) is 20.8 Å². The molecular formula is C13H19N3O2S. The minimum absolute atomic E-state index is 0.134. The fraction of sp³-hybridized carbons (Fsp3) is 0.385. The molecule has 0 unspecified atom stereocenters. The van der Waals surface area contributed by atoms with Crippen molar-refractivity contribution in [2.45, 2.75) is 26.3 Å². The summed E-state index contributed by atoms with van der Waals surface area (Å²) in [5.74, 6) is 0.527. The Morgan fingerprint density at radius 2 is 2.00 bits per heavy atom. The SMILES string of the molecule is CC(C)(C)NC(=O)Nc1ccccc1OCC(N)=S. The normalized spacial score (nSPS) is 10.7. The molecule has 2 amide bonds. The van der Waals surface area contributed by atoms with Gasteiger partial charge in [-0.05, 0) is 32.9 Å². The van der Waals surface area contributed by atoms with Crippen LogP contribution in [0.2, 0.25) is 0 Å². The van der Waals surface area contributed by atoms with Crippen LogP contribution in [0.15, 0.2) is 24.3 Å². The van der Waals surface area contributed by atoms with Crippen LogP contribution in [0.5, 0.6) is 5.75 Å². The first-order valence-electron chi connectivity index (χ1n) is 5.87. The van der Waals surface area contributed by atoms with Gasteiger partial charge in [-0.15, -0.1) is 0 Å². The molecule has 5 nitrogen and oxygen atoms in total. The van der Waals surface area contributed by atoms with Crippen LogP contribution in [0.4, 0.5) is 10.5 Å². The fourth-order valence-corrected chi connectivity index (χ4v) is 1.40. The van der Waals surface area contributed by atoms with Gasteiger partial charge in [-0.1, -0.05) is 24.4 Å². The predicted molar refractivity (Wildman–Crippen MR) is 80.6 cm³/mol. The summed E-state index contributed by atoms with van der Waals surface area (Å²) in [5.41, 5.74) is 5.64. The third kappa shape index (κ3) is 6.05. The van der Waals surface area contributed by atoms with Crippen molar-refractivity contribution in [3.05, 3.63) is 24.3 Å². The zero-order valence-electron chi connectivity index (χ0n) is 11.3. The van der Waals surface area contributed by atoms with Gasteiger partial charge in [-0.2, -0.15) is 0 Å². The number of hydrogen-bond donors (Lipinski definition) is 3. The second-order valence-electron chi connectivity index (χ2n) is 5.08. The van der Waals surface area contributed by atoms with Gasteiger partial charge in [0.05, 0.1) is 5.69 Å². The van der Waals surface area contributed by atoms with Crippen LogP contribution in [0, 0.1) is 0 Å². The second kappa shape index (κ2) is 6.38. The monoisotopic (exact) mass is 281 g/mol. The molecule has 0 aliphatic rings. The Kier molecular flexibility index (Phi) is 5.11. The van der Waals surface area contributed by atoms with Crippen LogP contribution >= 0.6 is 12.2 Å². The topological polar surface area (TPSA) is 76.4 Å². The fourth-order valence-electron chi connectivity index (χ4n) is 1.34. The lowest BCUT2D eigenvalue weighted by molar-refractivity contribution is 0.243. The van der Waals surface area contributed by atoms with Gasteiger partial charge in [0.25, 0.3) is 0 Å². The number of thiocarbonyl (C=S) groups is 1. The number of rotatable bonds is 4. The predicted octanol–water partition coefficient (Wildman–Crippen LogP) is 2.27. The summed E-state index contributed by atoms with van der Waals surface area (Å²) in [6.07, 6.45) is 0. The first-order chi connectivity index (χ1) is 8.78. The van der Waals surface area contributed by atoms with Gasteiger partial charge in [0.15, 0.2) is 0 Å². The number of para-hydroxylation sites is 2. The lowest BCUT2D eigenvalue weighted by Gasteiger charge is -2.21. The van der Waals surface area contributed by atoms with E-state index in [9.17, 15) is 4.79 Å². The summed E-state index contributed by atoms with van der Waals surface area (Å²) in [7, 11) is 0. The van der Waals surface area contributed by atoms with Crippen LogP contribution in [-0.4, -0.2) is 23.2 Å². The second-order valence-corrected chi connectivity index (χ2v) is 5.60. The summed E-state index contributed by atoms with van der Waals surface area (Å²) in [4.78, 5) is 12.0. The van der Waals surface area contributed by atoms with Crippen LogP contribution in [0.3, 0.4) is 0 Å². The number of carbonyl (C=O) groups is 1. The van der Waals surface area contributed by atoms with E-state index in [1.54, 1.807) is 18.2 Å². The van der Waals surface area contributed by atoms with E-state index in [2.05, 4.69) is 10.6 Å². The summed E-state index contributed by atoms with van der Waals surface area (Å²) in [5, 5.41) is 5.54. The molecule has 0 radical (unpaired) electrons. The molecule has 0 saturated heterocycles. The van der Waals surface area contributed by atoms with Gasteiger partial charge in [0.2, 0.25) is 0 Å². The molecule has 1 rings (SSSR count). The van der Waals surface area contributed by atoms with Crippen molar-refractivity contribution in [1.82, 2.24) is 5.32 Å². The molecule has 19 heavy (non-hydrogen) atoms. The van der Waals surface area contributed by atoms with Crippen LogP contribution in [0.25, 0.3) is 0 Å². The lowest BCUT2D eigenvalue weighted by Crippen LogP contribution is -2.43. The third-order valence-corrected chi connectivity index (χ3v) is 2.11. The molecule has 0 aromatic heterocycles. The van der Waals surface area contributed by atoms with Crippen molar-refractivity contribution in [1.29, 1.82) is 0 Å². The van der Waals surface area contributed by atoms with E-state index in [1.165, 1.54) is 0 Å². The molecule has 0 aliphatic heterocycles. The Labute approximate surface area is 118 Å². The molecule has 104 valence electrons. The quantitative estimate of drug-likeness (QED) is 0.740. The van der Waals surface area contributed by atoms with E-state index in [0.717, 1.165) is 0 Å². The third-order valence-electron chi connectivity index (χ3n) is 1.99. The Morgan fingerprint density at radius 3 is 2.58 bits per heavy atom. The molecule has 1 aromatic rings. The summed E-state index contributed by atoms with van der Waals surface area (Å²) >= 11 is 4.75. The Hall–Kier alpha value is -1.82. The highest BCUT2D eigenvalue weighted by atomic mass is 32.1. The largest absolute Gasteiger partial charge is 0.484 e. The van der Waals surface area contributed by atoms with Gasteiger partial charge < -0.3 is 21.1 Å². The smallest absolute Gasteiger partial charge is 0.319 e. The molecule has 0 fully saturated rings. The zero-order valence-corrected chi connectivity index (χ0v) is 12.1. The van der Waals surface area contributed by atoms with Crippen molar-refractivity contribution < 1.29 is 9.53 Å². The number of nitrogens with one attached hydrogen (secondary N) is 2. The first-order valence-corrected chi connectivity index (χ1v) is 6.28. The summed E-state index contributed by atoms with van der Waals surface area (Å²) in [6.45, 7) is 5.85. The van der Waals surface area contributed by atoms with Crippen molar-refractivity contribution >= 4 is 28.9 Å². The van der Waals surface area contributed by atoms with Gasteiger partial charge in [0.1, 0.15) is 17.3 Å². The maximum Gasteiger partial charge on any atom is 0.319 e. The van der Waals surface area contributed by atoms with E-state index in [-0.39, 0.29) is 23.2 Å². The molecule has 0 bridgehead atoms. The van der Waals surface area contributed by atoms with E-state index < -0.39 is 0 Å². The molecule has 0 saturated carbocycles. The van der Waals surface area contributed by atoms with E-state index >= 15 is 0 Å². The maximum absolute atomic E-state index is 11.8. The number of ether oxygens (including phenoxy) is 1. The minimum atomic E-state index is -0.307. The van der Waals surface area contributed by atoms with E-state index in [0.29, 0.717) is 11.4 Å². The highest BCUT2D eigenvalue weighted by Crippen LogP contribution is 2.23. The summed E-state index contributed by atoms with van der Waals surface area (Å²) in [6, 6.07) is 6.81. The Bertz CT molecular complexity index is 469. The van der Waals surface area contributed by atoms with Gasteiger partial charge >= 0.3 is 6.03 Å². The van der Waals surface area contributed by atoms with Gasteiger partial charge in [-0.25, -0.2) is 4.79 Å². The van der Waals surface area contributed by atoms with E-state index in [4.69, 9.17) is 22.7 Å². The lowest BCUT2D eigenvalue weighted by atomic mass is 10.1. The van der Waals surface area contributed by atoms with Gasteiger partial charge in [-0.3, -0.25) is 0 Å². The Morgan fingerprint density at radius 1 is 1.37 bits per heavy atom. The Balaban J connectivity index is 2.72. The summed E-state index contributed by atoms with van der Waals surface area (Å²) < 4.78 is 5.42. The average molecular weight is 281 g/mol. The number of urea groups is 1. The molecule has 4 N–H and O–H groups in total. The molecule has 0 spiro atoms. The standard InChI is InChI=1S/C13H19N3O2S/c1-13(2,3)16-12(17)15-9-6-4-5-7-10(9)18-8-11(14)19/h4-7H,8H2,1-3H3,(H2,14,19)(H2,15,16,17). The van der Waals surface area contributed by atoms with Crippen molar-refractivity contribution in [3.63, 3.8) is 0 Å². The van der Waals surface area contributed by atoms with Crippen molar-refractivity contribution in [2.75, 3.05) is 11.9 Å². The van der Waals surface area contributed by atoms with E-state index in [1.807, 2.05) is 26.8 Å². The molecule has 6 heteroatoms. The maximum atomic E-state index is 11.8. The highest BCUT2D eigenvalue weighted by molar-refractivity contribution is 7.80. The number of hydrogen-bond acceptors (Lipinski definition) is 3. The number of carbonyl (C=O) groups excluding carboxylic acids is 1. The average Bonchev–Trinajstić information content (AvgIpc) is 2.25. The number of anilines is 1. The van der Waals surface area contributed by atoms with Crippen molar-refractivity contribution in [2.24, 2.45) is 5.73 Å². The first kappa shape index (κ1) is 15.2. The molecule has 0 atom stereocenters. The number of amides is 2. The molecule has 0 heterocycles. The molecule has 0 aliphatic carbocycles.